The van der Waals surface area contributed by atoms with E-state index >= 15 is 0 Å². The maximum atomic E-state index is 5.62. The molecule has 0 N–H and O–H groups in total. The van der Waals surface area contributed by atoms with Crippen LogP contribution in [0.5, 0.6) is 0 Å². The molecule has 3 heterocycles. The van der Waals surface area contributed by atoms with Crippen LogP contribution in [0.2, 0.25) is 0 Å². The molecular weight excluding hydrogens is 306 g/mol. The van der Waals surface area contributed by atoms with Gasteiger partial charge in [0, 0.05) is 24.3 Å². The molecule has 102 valence electrons. The van der Waals surface area contributed by atoms with E-state index in [4.69, 9.17) is 4.42 Å². The van der Waals surface area contributed by atoms with Crippen molar-refractivity contribution < 1.29 is 4.42 Å². The van der Waals surface area contributed by atoms with Crippen LogP contribution in [0.25, 0.3) is 0 Å². The molecule has 1 aliphatic heterocycles. The van der Waals surface area contributed by atoms with Crippen LogP contribution in [0.1, 0.15) is 35.9 Å². The third-order valence-corrected chi connectivity index (χ3v) is 4.41. The first kappa shape index (κ1) is 12.9. The van der Waals surface area contributed by atoms with Gasteiger partial charge in [-0.25, -0.2) is 0 Å². The number of halogens is 1. The summed E-state index contributed by atoms with van der Waals surface area (Å²) < 4.78 is 8.37. The van der Waals surface area contributed by atoms with Gasteiger partial charge < -0.3 is 4.42 Å². The van der Waals surface area contributed by atoms with Crippen LogP contribution in [-0.4, -0.2) is 21.2 Å². The molecule has 0 amide bonds. The van der Waals surface area contributed by atoms with Crippen LogP contribution >= 0.6 is 15.9 Å². The molecule has 19 heavy (non-hydrogen) atoms. The van der Waals surface area contributed by atoms with Gasteiger partial charge >= 0.3 is 0 Å². The molecule has 0 aromatic carbocycles. The number of rotatable bonds is 3. The fourth-order valence-corrected chi connectivity index (χ4v) is 3.19. The minimum atomic E-state index is 0.470. The van der Waals surface area contributed by atoms with Crippen molar-refractivity contribution in [1.82, 2.24) is 14.7 Å². The van der Waals surface area contributed by atoms with Gasteiger partial charge in [-0.1, -0.05) is 0 Å². The van der Waals surface area contributed by atoms with E-state index in [1.54, 1.807) is 0 Å². The molecule has 0 bridgehead atoms. The fourth-order valence-electron chi connectivity index (χ4n) is 2.85. The van der Waals surface area contributed by atoms with Gasteiger partial charge in [0.2, 0.25) is 0 Å². The van der Waals surface area contributed by atoms with Gasteiger partial charge in [0.15, 0.2) is 4.67 Å². The highest BCUT2D eigenvalue weighted by Crippen LogP contribution is 2.34. The number of aryl methyl sites for hydroxylation is 1. The van der Waals surface area contributed by atoms with E-state index in [0.29, 0.717) is 6.04 Å². The van der Waals surface area contributed by atoms with Crippen LogP contribution in [0.15, 0.2) is 27.4 Å². The van der Waals surface area contributed by atoms with E-state index < -0.39 is 0 Å². The number of aromatic nitrogens is 2. The smallest absolute Gasteiger partial charge is 0.169 e. The predicted molar refractivity (Wildman–Crippen MR) is 76.7 cm³/mol. The second kappa shape index (κ2) is 5.13. The van der Waals surface area contributed by atoms with Crippen molar-refractivity contribution in [3.05, 3.63) is 40.0 Å². The Morgan fingerprint density at radius 3 is 2.95 bits per heavy atom. The maximum absolute atomic E-state index is 5.62. The van der Waals surface area contributed by atoms with Gasteiger partial charge in [-0.3, -0.25) is 9.58 Å². The summed E-state index contributed by atoms with van der Waals surface area (Å²) >= 11 is 3.36. The largest absolute Gasteiger partial charge is 0.453 e. The average Bonchev–Trinajstić information content (AvgIpc) is 3.06. The zero-order chi connectivity index (χ0) is 13.4. The van der Waals surface area contributed by atoms with Gasteiger partial charge in [0.25, 0.3) is 0 Å². The average molecular weight is 324 g/mol. The molecular formula is C14H18BrN3O. The first-order valence-corrected chi connectivity index (χ1v) is 7.41. The van der Waals surface area contributed by atoms with Crippen molar-refractivity contribution in [3.63, 3.8) is 0 Å². The van der Waals surface area contributed by atoms with Gasteiger partial charge in [0.05, 0.1) is 12.7 Å². The van der Waals surface area contributed by atoms with Crippen molar-refractivity contribution in [3.8, 4) is 0 Å². The molecule has 0 unspecified atom stereocenters. The third-order valence-electron chi connectivity index (χ3n) is 3.98. The number of hydrogen-bond donors (Lipinski definition) is 0. The summed E-state index contributed by atoms with van der Waals surface area (Å²) in [5.41, 5.74) is 2.61. The standard InChI is InChI=1S/C14H18BrN3O/c1-10-12(8-16-17(10)2)13-4-3-7-18(13)9-11-5-6-14(15)19-11/h5-6,8,13H,3-4,7,9H2,1-2H3/t13-/m1/s1. The second-order valence-corrected chi connectivity index (χ2v) is 5.92. The predicted octanol–water partition coefficient (Wildman–Crippen LogP) is 3.42. The maximum Gasteiger partial charge on any atom is 0.169 e. The Morgan fingerprint density at radius 1 is 1.47 bits per heavy atom. The summed E-state index contributed by atoms with van der Waals surface area (Å²) in [6.07, 6.45) is 4.45. The van der Waals surface area contributed by atoms with Crippen LogP contribution in [0.3, 0.4) is 0 Å². The van der Waals surface area contributed by atoms with Crippen molar-refractivity contribution >= 4 is 15.9 Å². The SMILES string of the molecule is Cc1c([C@H]2CCCN2Cc2ccc(Br)o2)cnn1C. The van der Waals surface area contributed by atoms with Gasteiger partial charge in [-0.05, 0) is 54.4 Å². The lowest BCUT2D eigenvalue weighted by atomic mass is 10.1. The van der Waals surface area contributed by atoms with E-state index in [1.807, 2.05) is 30.1 Å². The van der Waals surface area contributed by atoms with Gasteiger partial charge in [0.1, 0.15) is 5.76 Å². The molecule has 0 radical (unpaired) electrons. The minimum absolute atomic E-state index is 0.470. The topological polar surface area (TPSA) is 34.2 Å². The first-order chi connectivity index (χ1) is 9.15. The molecule has 0 saturated carbocycles. The van der Waals surface area contributed by atoms with E-state index in [-0.39, 0.29) is 0 Å². The number of likely N-dealkylation sites (tertiary alicyclic amines) is 1. The van der Waals surface area contributed by atoms with E-state index in [9.17, 15) is 0 Å². The monoisotopic (exact) mass is 323 g/mol. The lowest BCUT2D eigenvalue weighted by molar-refractivity contribution is 0.226. The molecule has 1 saturated heterocycles. The zero-order valence-corrected chi connectivity index (χ0v) is 12.9. The number of nitrogens with zero attached hydrogens (tertiary/aromatic N) is 3. The zero-order valence-electron chi connectivity index (χ0n) is 11.3. The molecule has 0 spiro atoms. The molecule has 1 aliphatic rings. The Balaban J connectivity index is 1.80. The third kappa shape index (κ3) is 2.49. The minimum Gasteiger partial charge on any atom is -0.453 e. The lowest BCUT2D eigenvalue weighted by Gasteiger charge is -2.23. The van der Waals surface area contributed by atoms with Crippen LogP contribution in [0.4, 0.5) is 0 Å². The van der Waals surface area contributed by atoms with Crippen LogP contribution in [-0.2, 0) is 13.6 Å². The summed E-state index contributed by atoms with van der Waals surface area (Å²) in [5.74, 6) is 1.01. The van der Waals surface area contributed by atoms with E-state index in [2.05, 4.69) is 32.9 Å². The van der Waals surface area contributed by atoms with Crippen LogP contribution < -0.4 is 0 Å². The fraction of sp³-hybridized carbons (Fsp3) is 0.500. The molecule has 4 nitrogen and oxygen atoms in total. The Morgan fingerprint density at radius 2 is 2.32 bits per heavy atom. The van der Waals surface area contributed by atoms with Crippen molar-refractivity contribution in [2.75, 3.05) is 6.54 Å². The number of hydrogen-bond acceptors (Lipinski definition) is 3. The van der Waals surface area contributed by atoms with Gasteiger partial charge in [-0.15, -0.1) is 0 Å². The Kier molecular flexibility index (Phi) is 3.50. The molecule has 2 aromatic heterocycles. The van der Waals surface area contributed by atoms with Gasteiger partial charge in [-0.2, -0.15) is 5.10 Å². The lowest BCUT2D eigenvalue weighted by Crippen LogP contribution is -2.22. The summed E-state index contributed by atoms with van der Waals surface area (Å²) in [7, 11) is 2.00. The van der Waals surface area contributed by atoms with E-state index in [1.165, 1.54) is 24.1 Å². The molecule has 3 rings (SSSR count). The van der Waals surface area contributed by atoms with Crippen molar-refractivity contribution in [2.24, 2.45) is 7.05 Å². The summed E-state index contributed by atoms with van der Waals surface area (Å²) in [6, 6.07) is 4.46. The summed E-state index contributed by atoms with van der Waals surface area (Å²) in [6.45, 7) is 4.13. The highest BCUT2D eigenvalue weighted by atomic mass is 79.9. The Hall–Kier alpha value is -1.07. The quantitative estimate of drug-likeness (QED) is 0.867. The first-order valence-electron chi connectivity index (χ1n) is 6.62. The molecule has 1 atom stereocenters. The second-order valence-electron chi connectivity index (χ2n) is 5.14. The van der Waals surface area contributed by atoms with Crippen molar-refractivity contribution in [2.45, 2.75) is 32.4 Å². The normalized spacial score (nSPS) is 20.3. The van der Waals surface area contributed by atoms with E-state index in [0.717, 1.165) is 23.5 Å². The number of furan rings is 1. The van der Waals surface area contributed by atoms with Crippen molar-refractivity contribution in [1.29, 1.82) is 0 Å². The summed E-state index contributed by atoms with van der Waals surface area (Å²) in [5, 5.41) is 4.37. The molecule has 2 aromatic rings. The summed E-state index contributed by atoms with van der Waals surface area (Å²) in [4.78, 5) is 2.48. The molecule has 5 heteroatoms. The van der Waals surface area contributed by atoms with Crippen LogP contribution in [0, 0.1) is 6.92 Å². The Labute approximate surface area is 121 Å². The molecule has 1 fully saturated rings. The molecule has 0 aliphatic carbocycles. The highest BCUT2D eigenvalue weighted by molar-refractivity contribution is 9.10. The Bertz CT molecular complexity index is 575. The highest BCUT2D eigenvalue weighted by Gasteiger charge is 2.29.